The number of piperidine rings is 1. The van der Waals surface area contributed by atoms with E-state index in [0.29, 0.717) is 36.2 Å². The van der Waals surface area contributed by atoms with Crippen LogP contribution in [0.15, 0.2) is 35.9 Å². The van der Waals surface area contributed by atoms with Gasteiger partial charge in [-0.25, -0.2) is 4.39 Å². The lowest BCUT2D eigenvalue weighted by molar-refractivity contribution is -0.0994. The number of fused-ring (bicyclic) bond motifs is 2. The van der Waals surface area contributed by atoms with Crippen LogP contribution < -0.4 is 0 Å². The Morgan fingerprint density at radius 1 is 1.16 bits per heavy atom. The topological polar surface area (TPSA) is 49.0 Å². The van der Waals surface area contributed by atoms with Crippen molar-refractivity contribution in [1.29, 1.82) is 5.26 Å². The number of hydrogen-bond donors (Lipinski definition) is 0. The Balaban J connectivity index is 1.64. The van der Waals surface area contributed by atoms with Crippen molar-refractivity contribution >= 4 is 5.78 Å². The van der Waals surface area contributed by atoms with Crippen molar-refractivity contribution in [1.82, 2.24) is 9.47 Å². The molecular formula is C23H21F4N3O. The summed E-state index contributed by atoms with van der Waals surface area (Å²) in [6.45, 7) is 2.90. The highest BCUT2D eigenvalue weighted by Gasteiger charge is 2.49. The highest BCUT2D eigenvalue weighted by atomic mass is 19.4. The number of rotatable bonds is 4. The first-order valence-corrected chi connectivity index (χ1v) is 10.1. The van der Waals surface area contributed by atoms with Crippen molar-refractivity contribution in [3.05, 3.63) is 64.2 Å². The van der Waals surface area contributed by atoms with Crippen molar-refractivity contribution < 1.29 is 22.4 Å². The molecule has 0 saturated carbocycles. The first-order chi connectivity index (χ1) is 14.6. The number of Topliss-reactive ketones (excluding diaryl/α,β-unsaturated/α-hetero) is 1. The Morgan fingerprint density at radius 2 is 1.84 bits per heavy atom. The van der Waals surface area contributed by atoms with Gasteiger partial charge in [0.25, 0.3) is 0 Å². The molecule has 1 aromatic carbocycles. The van der Waals surface area contributed by atoms with E-state index < -0.39 is 35.4 Å². The van der Waals surface area contributed by atoms with E-state index in [9.17, 15) is 18.0 Å². The van der Waals surface area contributed by atoms with Crippen LogP contribution in [0.25, 0.3) is 5.69 Å². The molecule has 4 rings (SSSR count). The molecule has 2 atom stereocenters. The predicted octanol–water partition coefficient (Wildman–Crippen LogP) is 5.01. The third-order valence-electron chi connectivity index (χ3n) is 6.29. The number of nitriles is 1. The Labute approximate surface area is 177 Å². The summed E-state index contributed by atoms with van der Waals surface area (Å²) in [7, 11) is 0. The summed E-state index contributed by atoms with van der Waals surface area (Å²) < 4.78 is 56.9. The highest BCUT2D eigenvalue weighted by Crippen LogP contribution is 2.42. The molecule has 1 aromatic heterocycles. The van der Waals surface area contributed by atoms with Gasteiger partial charge in [-0.05, 0) is 57.4 Å². The lowest BCUT2D eigenvalue weighted by atomic mass is 9.98. The van der Waals surface area contributed by atoms with Crippen molar-refractivity contribution in [2.75, 3.05) is 6.54 Å². The molecular weight excluding hydrogens is 410 g/mol. The molecule has 31 heavy (non-hydrogen) atoms. The standard InChI is InChI=1S/C23H21F4N3O/c1-13-21(22(24)14(2)30(13)16-8-6-15(11-28)7-9-16)20(31)12-29-17-4-3-5-19(29)18(10-17)23(25,26)27/h6-10,17,19H,3-5,12H2,1-2H3. The van der Waals surface area contributed by atoms with Gasteiger partial charge < -0.3 is 4.57 Å². The van der Waals surface area contributed by atoms with E-state index in [1.54, 1.807) is 47.6 Å². The number of carbonyl (C=O) groups excluding carboxylic acids is 1. The van der Waals surface area contributed by atoms with E-state index in [2.05, 4.69) is 0 Å². The summed E-state index contributed by atoms with van der Waals surface area (Å²) in [5.74, 6) is -1.19. The van der Waals surface area contributed by atoms with E-state index >= 15 is 4.39 Å². The van der Waals surface area contributed by atoms with E-state index in [0.717, 1.165) is 0 Å². The van der Waals surface area contributed by atoms with E-state index in [1.165, 1.54) is 6.08 Å². The minimum absolute atomic E-state index is 0.0969. The van der Waals surface area contributed by atoms with Gasteiger partial charge in [0.15, 0.2) is 11.6 Å². The number of ketones is 1. The second kappa shape index (κ2) is 7.65. The molecule has 2 aromatic rings. The lowest BCUT2D eigenvalue weighted by Crippen LogP contribution is -2.45. The van der Waals surface area contributed by atoms with Crippen LogP contribution in [0.2, 0.25) is 0 Å². The van der Waals surface area contributed by atoms with Crippen molar-refractivity contribution in [3.8, 4) is 11.8 Å². The zero-order valence-corrected chi connectivity index (χ0v) is 17.1. The Bertz CT molecular complexity index is 1110. The average Bonchev–Trinajstić information content (AvgIpc) is 3.05. The molecule has 162 valence electrons. The van der Waals surface area contributed by atoms with E-state index in [-0.39, 0.29) is 17.8 Å². The molecule has 0 radical (unpaired) electrons. The number of alkyl halides is 3. The molecule has 4 nitrogen and oxygen atoms in total. The number of carbonyl (C=O) groups is 1. The van der Waals surface area contributed by atoms with Crippen LogP contribution in [-0.4, -0.2) is 40.1 Å². The maximum absolute atomic E-state index is 15.1. The number of aromatic nitrogens is 1. The molecule has 2 unspecified atom stereocenters. The monoisotopic (exact) mass is 431 g/mol. The third-order valence-corrected chi connectivity index (χ3v) is 6.29. The van der Waals surface area contributed by atoms with Gasteiger partial charge in [-0.1, -0.05) is 6.08 Å². The van der Waals surface area contributed by atoms with Crippen LogP contribution in [0.1, 0.15) is 46.6 Å². The molecule has 0 amide bonds. The fourth-order valence-corrected chi connectivity index (χ4v) is 4.87. The second-order valence-corrected chi connectivity index (χ2v) is 8.08. The van der Waals surface area contributed by atoms with Crippen LogP contribution >= 0.6 is 0 Å². The summed E-state index contributed by atoms with van der Waals surface area (Å²) in [5, 5.41) is 8.96. The molecule has 1 fully saturated rings. The summed E-state index contributed by atoms with van der Waals surface area (Å²) in [5.41, 5.74) is 0.994. The molecule has 8 heteroatoms. The molecule has 0 N–H and O–H groups in total. The summed E-state index contributed by atoms with van der Waals surface area (Å²) >= 11 is 0. The minimum atomic E-state index is -4.43. The van der Waals surface area contributed by atoms with Crippen LogP contribution in [0, 0.1) is 31.0 Å². The van der Waals surface area contributed by atoms with Crippen molar-refractivity contribution in [2.24, 2.45) is 0 Å². The van der Waals surface area contributed by atoms with Gasteiger partial charge in [0, 0.05) is 29.0 Å². The van der Waals surface area contributed by atoms with Crippen LogP contribution in [0.4, 0.5) is 17.6 Å². The predicted molar refractivity (Wildman–Crippen MR) is 107 cm³/mol. The zero-order valence-electron chi connectivity index (χ0n) is 17.1. The Morgan fingerprint density at radius 3 is 2.45 bits per heavy atom. The van der Waals surface area contributed by atoms with Gasteiger partial charge in [0.2, 0.25) is 0 Å². The molecule has 2 bridgehead atoms. The number of hydrogen-bond acceptors (Lipinski definition) is 3. The number of benzene rings is 1. The summed E-state index contributed by atoms with van der Waals surface area (Å²) in [4.78, 5) is 14.6. The second-order valence-electron chi connectivity index (χ2n) is 8.08. The number of halogens is 4. The van der Waals surface area contributed by atoms with Crippen LogP contribution in [0.3, 0.4) is 0 Å². The van der Waals surface area contributed by atoms with Crippen molar-refractivity contribution in [2.45, 2.75) is 51.4 Å². The molecule has 2 aliphatic rings. The van der Waals surface area contributed by atoms with Gasteiger partial charge in [-0.15, -0.1) is 0 Å². The van der Waals surface area contributed by atoms with Gasteiger partial charge in [-0.3, -0.25) is 9.69 Å². The minimum Gasteiger partial charge on any atom is -0.315 e. The quantitative estimate of drug-likeness (QED) is 0.388. The first kappa shape index (κ1) is 21.3. The van der Waals surface area contributed by atoms with E-state index in [4.69, 9.17) is 5.26 Å². The maximum atomic E-state index is 15.1. The Hall–Kier alpha value is -2.92. The highest BCUT2D eigenvalue weighted by molar-refractivity contribution is 5.99. The van der Waals surface area contributed by atoms with Gasteiger partial charge in [0.1, 0.15) is 0 Å². The van der Waals surface area contributed by atoms with Crippen LogP contribution in [0.5, 0.6) is 0 Å². The smallest absolute Gasteiger partial charge is 0.315 e. The van der Waals surface area contributed by atoms with Gasteiger partial charge >= 0.3 is 6.18 Å². The largest absolute Gasteiger partial charge is 0.413 e. The third kappa shape index (κ3) is 3.57. The molecule has 0 aliphatic carbocycles. The first-order valence-electron chi connectivity index (χ1n) is 10.1. The average molecular weight is 431 g/mol. The zero-order chi connectivity index (χ0) is 22.5. The summed E-state index contributed by atoms with van der Waals surface area (Å²) in [6.07, 6.45) is -1.65. The molecule has 0 spiro atoms. The fourth-order valence-electron chi connectivity index (χ4n) is 4.87. The lowest BCUT2D eigenvalue weighted by Gasteiger charge is -2.35. The fraction of sp³-hybridized carbons (Fsp3) is 0.391. The Kier molecular flexibility index (Phi) is 5.26. The SMILES string of the molecule is Cc1c(F)c(C(=O)CN2C3C=C(C(F)(F)F)C2CCC3)c(C)n1-c1ccc(C#N)cc1. The van der Waals surface area contributed by atoms with Crippen LogP contribution in [-0.2, 0) is 0 Å². The molecule has 3 heterocycles. The molecule has 2 aliphatic heterocycles. The number of nitrogens with zero attached hydrogens (tertiary/aromatic N) is 3. The maximum Gasteiger partial charge on any atom is 0.413 e. The van der Waals surface area contributed by atoms with E-state index in [1.807, 2.05) is 6.07 Å². The van der Waals surface area contributed by atoms with Crippen molar-refractivity contribution in [3.63, 3.8) is 0 Å². The normalized spacial score (nSPS) is 21.1. The van der Waals surface area contributed by atoms with Gasteiger partial charge in [0.05, 0.1) is 29.4 Å². The van der Waals surface area contributed by atoms with Gasteiger partial charge in [-0.2, -0.15) is 18.4 Å². The summed E-state index contributed by atoms with van der Waals surface area (Å²) in [6, 6.07) is 7.24. The molecule has 1 saturated heterocycles.